The van der Waals surface area contributed by atoms with Crippen LogP contribution in [0.1, 0.15) is 48.1 Å². The second kappa shape index (κ2) is 6.60. The molecule has 1 aliphatic heterocycles. The average Bonchev–Trinajstić information content (AvgIpc) is 3.07. The summed E-state index contributed by atoms with van der Waals surface area (Å²) in [6.07, 6.45) is 2.43. The van der Waals surface area contributed by atoms with Gasteiger partial charge in [0.2, 0.25) is 5.91 Å². The molecule has 2 aromatic rings. The van der Waals surface area contributed by atoms with Crippen LogP contribution in [0, 0.1) is 12.8 Å². The number of hydrogen-bond acceptors (Lipinski definition) is 3. The fourth-order valence-electron chi connectivity index (χ4n) is 4.10. The second-order valence-corrected chi connectivity index (χ2v) is 7.10. The first kappa shape index (κ1) is 16.8. The maximum Gasteiger partial charge on any atom is 0.242 e. The SMILES string of the molecule is CCC(=O)N1N=C2c3ccc(OC)cc3CC[C@H]2[C@@H]1c1ccc(C)cc1. The first-order chi connectivity index (χ1) is 12.6. The lowest BCUT2D eigenvalue weighted by Gasteiger charge is -2.29. The summed E-state index contributed by atoms with van der Waals surface area (Å²) in [4.78, 5) is 12.6. The van der Waals surface area contributed by atoms with Crippen LogP contribution in [0.25, 0.3) is 0 Å². The molecule has 0 saturated heterocycles. The lowest BCUT2D eigenvalue weighted by atomic mass is 9.77. The number of carbonyl (C=O) groups excluding carboxylic acids is 1. The van der Waals surface area contributed by atoms with Gasteiger partial charge in [-0.15, -0.1) is 0 Å². The molecule has 2 atom stereocenters. The molecule has 1 heterocycles. The van der Waals surface area contributed by atoms with Crippen molar-refractivity contribution in [3.05, 3.63) is 64.7 Å². The van der Waals surface area contributed by atoms with Gasteiger partial charge in [-0.05, 0) is 49.1 Å². The van der Waals surface area contributed by atoms with Crippen molar-refractivity contribution in [3.8, 4) is 5.75 Å². The number of hydrogen-bond donors (Lipinski definition) is 0. The number of carbonyl (C=O) groups is 1. The van der Waals surface area contributed by atoms with E-state index in [2.05, 4.69) is 43.3 Å². The van der Waals surface area contributed by atoms with Gasteiger partial charge in [0.05, 0.1) is 18.9 Å². The quantitative estimate of drug-likeness (QED) is 0.831. The predicted molar refractivity (Wildman–Crippen MR) is 102 cm³/mol. The van der Waals surface area contributed by atoms with E-state index in [0.29, 0.717) is 6.42 Å². The Bertz CT molecular complexity index is 870. The van der Waals surface area contributed by atoms with Crippen molar-refractivity contribution in [2.45, 2.75) is 39.2 Å². The third kappa shape index (κ3) is 2.70. The van der Waals surface area contributed by atoms with Crippen molar-refractivity contribution in [3.63, 3.8) is 0 Å². The van der Waals surface area contributed by atoms with Crippen molar-refractivity contribution in [1.82, 2.24) is 5.01 Å². The number of methoxy groups -OCH3 is 1. The normalized spacial score (nSPS) is 21.0. The Morgan fingerprint density at radius 1 is 1.23 bits per heavy atom. The first-order valence-corrected chi connectivity index (χ1v) is 9.26. The van der Waals surface area contributed by atoms with E-state index >= 15 is 0 Å². The van der Waals surface area contributed by atoms with Gasteiger partial charge in [-0.1, -0.05) is 36.8 Å². The van der Waals surface area contributed by atoms with E-state index in [1.165, 1.54) is 11.1 Å². The lowest BCUT2D eigenvalue weighted by molar-refractivity contribution is -0.133. The molecule has 1 aliphatic carbocycles. The highest BCUT2D eigenvalue weighted by Gasteiger charge is 2.43. The Hall–Kier alpha value is -2.62. The van der Waals surface area contributed by atoms with E-state index in [4.69, 9.17) is 9.84 Å². The van der Waals surface area contributed by atoms with Crippen LogP contribution in [0.2, 0.25) is 0 Å². The van der Waals surface area contributed by atoms with Crippen LogP contribution >= 0.6 is 0 Å². The van der Waals surface area contributed by atoms with Crippen LogP contribution in [0.5, 0.6) is 5.75 Å². The number of aryl methyl sites for hydroxylation is 2. The van der Waals surface area contributed by atoms with Crippen LogP contribution < -0.4 is 4.74 Å². The molecule has 1 amide bonds. The fraction of sp³-hybridized carbons (Fsp3) is 0.364. The van der Waals surface area contributed by atoms with Gasteiger partial charge >= 0.3 is 0 Å². The zero-order valence-corrected chi connectivity index (χ0v) is 15.5. The number of fused-ring (bicyclic) bond motifs is 3. The molecule has 2 aromatic carbocycles. The number of amides is 1. The highest BCUT2D eigenvalue weighted by Crippen LogP contribution is 2.44. The molecule has 0 N–H and O–H groups in total. The maximum absolute atomic E-state index is 12.6. The Kier molecular flexibility index (Phi) is 4.27. The van der Waals surface area contributed by atoms with Gasteiger partial charge < -0.3 is 4.74 Å². The van der Waals surface area contributed by atoms with Gasteiger partial charge in [-0.25, -0.2) is 5.01 Å². The molecule has 0 aromatic heterocycles. The largest absolute Gasteiger partial charge is 0.497 e. The summed E-state index contributed by atoms with van der Waals surface area (Å²) in [5.74, 6) is 1.19. The maximum atomic E-state index is 12.6. The highest BCUT2D eigenvalue weighted by molar-refractivity contribution is 6.07. The number of hydrazone groups is 1. The van der Waals surface area contributed by atoms with Crippen LogP contribution in [-0.4, -0.2) is 23.7 Å². The van der Waals surface area contributed by atoms with Gasteiger partial charge in [0.25, 0.3) is 0 Å². The zero-order chi connectivity index (χ0) is 18.3. The Morgan fingerprint density at radius 3 is 2.69 bits per heavy atom. The van der Waals surface area contributed by atoms with E-state index in [9.17, 15) is 4.79 Å². The van der Waals surface area contributed by atoms with Crippen LogP contribution in [0.4, 0.5) is 0 Å². The minimum absolute atomic E-state index is 0.00620. The first-order valence-electron chi connectivity index (χ1n) is 9.26. The molecule has 0 radical (unpaired) electrons. The molecule has 0 unspecified atom stereocenters. The number of rotatable bonds is 3. The standard InChI is InChI=1S/C22H24N2O2/c1-4-20(25)24-22(15-7-5-14(2)6-8-15)19-11-9-16-13-17(26-3)10-12-18(16)21(19)23-24/h5-8,10,12-13,19,22H,4,9,11H2,1-3H3/t19-,22+/m1/s1. The molecule has 0 spiro atoms. The topological polar surface area (TPSA) is 41.9 Å². The number of benzene rings is 2. The van der Waals surface area contributed by atoms with Crippen LogP contribution in [-0.2, 0) is 11.2 Å². The summed E-state index contributed by atoms with van der Waals surface area (Å²) in [6, 6.07) is 14.7. The Labute approximate surface area is 154 Å². The molecule has 0 fully saturated rings. The summed E-state index contributed by atoms with van der Waals surface area (Å²) in [6.45, 7) is 3.98. The molecule has 2 aliphatic rings. The summed E-state index contributed by atoms with van der Waals surface area (Å²) in [5, 5.41) is 6.54. The number of ether oxygens (including phenoxy) is 1. The van der Waals surface area contributed by atoms with Gasteiger partial charge in [0.1, 0.15) is 5.75 Å². The third-order valence-electron chi connectivity index (χ3n) is 5.50. The van der Waals surface area contributed by atoms with Crippen molar-refractivity contribution >= 4 is 11.6 Å². The van der Waals surface area contributed by atoms with Crippen molar-refractivity contribution in [2.75, 3.05) is 7.11 Å². The fourth-order valence-corrected chi connectivity index (χ4v) is 4.10. The molecule has 0 bridgehead atoms. The summed E-state index contributed by atoms with van der Waals surface area (Å²) < 4.78 is 5.37. The zero-order valence-electron chi connectivity index (χ0n) is 15.5. The smallest absolute Gasteiger partial charge is 0.242 e. The molecule has 0 saturated carbocycles. The van der Waals surface area contributed by atoms with Gasteiger partial charge in [-0.3, -0.25) is 4.79 Å². The van der Waals surface area contributed by atoms with E-state index in [1.807, 2.05) is 13.0 Å². The van der Waals surface area contributed by atoms with Crippen molar-refractivity contribution in [1.29, 1.82) is 0 Å². The molecular weight excluding hydrogens is 324 g/mol. The Morgan fingerprint density at radius 2 is 2.00 bits per heavy atom. The molecule has 4 nitrogen and oxygen atoms in total. The second-order valence-electron chi connectivity index (χ2n) is 7.10. The molecule has 26 heavy (non-hydrogen) atoms. The molecule has 4 rings (SSSR count). The van der Waals surface area contributed by atoms with E-state index < -0.39 is 0 Å². The van der Waals surface area contributed by atoms with E-state index in [1.54, 1.807) is 12.1 Å². The monoisotopic (exact) mass is 348 g/mol. The molecule has 4 heteroatoms. The highest BCUT2D eigenvalue weighted by atomic mass is 16.5. The summed E-state index contributed by atoms with van der Waals surface area (Å²) in [5.41, 5.74) is 5.85. The molecular formula is C22H24N2O2. The lowest BCUT2D eigenvalue weighted by Crippen LogP contribution is -2.31. The third-order valence-corrected chi connectivity index (χ3v) is 5.50. The number of nitrogens with zero attached hydrogens (tertiary/aromatic N) is 2. The summed E-state index contributed by atoms with van der Waals surface area (Å²) in [7, 11) is 1.69. The molecule has 134 valence electrons. The minimum Gasteiger partial charge on any atom is -0.497 e. The average molecular weight is 348 g/mol. The van der Waals surface area contributed by atoms with Crippen LogP contribution in [0.3, 0.4) is 0 Å². The van der Waals surface area contributed by atoms with E-state index in [0.717, 1.165) is 35.4 Å². The van der Waals surface area contributed by atoms with Crippen molar-refractivity contribution < 1.29 is 9.53 Å². The van der Waals surface area contributed by atoms with Gasteiger partial charge in [-0.2, -0.15) is 5.10 Å². The van der Waals surface area contributed by atoms with Crippen molar-refractivity contribution in [2.24, 2.45) is 11.0 Å². The predicted octanol–water partition coefficient (Wildman–Crippen LogP) is 4.26. The van der Waals surface area contributed by atoms with Gasteiger partial charge in [0.15, 0.2) is 0 Å². The van der Waals surface area contributed by atoms with Gasteiger partial charge in [0, 0.05) is 17.9 Å². The summed E-state index contributed by atoms with van der Waals surface area (Å²) >= 11 is 0. The Balaban J connectivity index is 1.78. The van der Waals surface area contributed by atoms with Crippen LogP contribution in [0.15, 0.2) is 47.6 Å². The minimum atomic E-state index is -0.00620. The van der Waals surface area contributed by atoms with E-state index in [-0.39, 0.29) is 17.9 Å².